The first-order valence-electron chi connectivity index (χ1n) is 10.4. The number of esters is 1. The van der Waals surface area contributed by atoms with Gasteiger partial charge in [-0.3, -0.25) is 4.79 Å². The summed E-state index contributed by atoms with van der Waals surface area (Å²) in [5.74, 6) is -1.20. The molecule has 2 aromatic rings. The van der Waals surface area contributed by atoms with Gasteiger partial charge in [-0.05, 0) is 37.1 Å². The molecule has 2 N–H and O–H groups in total. The maximum atomic E-state index is 12.8. The summed E-state index contributed by atoms with van der Waals surface area (Å²) in [5, 5.41) is 16.6. The van der Waals surface area contributed by atoms with Crippen molar-refractivity contribution in [2.24, 2.45) is 0 Å². The maximum absolute atomic E-state index is 12.8. The van der Waals surface area contributed by atoms with Crippen molar-refractivity contribution in [2.45, 2.75) is 19.8 Å². The molecular formula is C26H25N3O3S. The van der Waals surface area contributed by atoms with Crippen molar-refractivity contribution in [3.63, 3.8) is 0 Å². The first-order chi connectivity index (χ1) is 15.9. The first kappa shape index (κ1) is 23.9. The van der Waals surface area contributed by atoms with Crippen LogP contribution in [0.15, 0.2) is 89.1 Å². The molecule has 0 aromatic heterocycles. The molecule has 1 unspecified atom stereocenters. The van der Waals surface area contributed by atoms with Gasteiger partial charge in [-0.15, -0.1) is 0 Å². The molecule has 168 valence electrons. The van der Waals surface area contributed by atoms with Crippen molar-refractivity contribution in [1.82, 2.24) is 5.32 Å². The minimum absolute atomic E-state index is 0.0729. The van der Waals surface area contributed by atoms with E-state index in [1.54, 1.807) is 6.92 Å². The van der Waals surface area contributed by atoms with Crippen LogP contribution in [0.4, 0.5) is 5.69 Å². The van der Waals surface area contributed by atoms with Gasteiger partial charge in [-0.1, -0.05) is 66.9 Å². The number of thioether (sulfide) groups is 1. The topological polar surface area (TPSA) is 91.2 Å². The summed E-state index contributed by atoms with van der Waals surface area (Å²) < 4.78 is 5.30. The van der Waals surface area contributed by atoms with Crippen molar-refractivity contribution in [1.29, 1.82) is 5.26 Å². The number of carbonyl (C=O) groups is 2. The number of hydrogen-bond donors (Lipinski definition) is 2. The first-order valence-corrected chi connectivity index (χ1v) is 11.4. The smallest absolute Gasteiger partial charge is 0.337 e. The number of dihydropyridines is 1. The lowest BCUT2D eigenvalue weighted by Gasteiger charge is -2.29. The molecule has 6 nitrogen and oxygen atoms in total. The Kier molecular flexibility index (Phi) is 8.11. The van der Waals surface area contributed by atoms with Gasteiger partial charge in [-0.2, -0.15) is 5.26 Å². The van der Waals surface area contributed by atoms with Crippen LogP contribution in [0.5, 0.6) is 0 Å². The van der Waals surface area contributed by atoms with Crippen LogP contribution in [0.25, 0.3) is 0 Å². The van der Waals surface area contributed by atoms with Crippen molar-refractivity contribution >= 4 is 29.3 Å². The van der Waals surface area contributed by atoms with Gasteiger partial charge in [0, 0.05) is 11.4 Å². The van der Waals surface area contributed by atoms with E-state index in [1.807, 2.05) is 61.5 Å². The van der Waals surface area contributed by atoms with E-state index >= 15 is 0 Å². The number of nitrogens with one attached hydrogen (secondary N) is 2. The van der Waals surface area contributed by atoms with Gasteiger partial charge in [0.1, 0.15) is 6.61 Å². The largest absolute Gasteiger partial charge is 0.458 e. The third-order valence-electron chi connectivity index (χ3n) is 4.98. The van der Waals surface area contributed by atoms with Crippen molar-refractivity contribution in [3.8, 4) is 6.07 Å². The summed E-state index contributed by atoms with van der Waals surface area (Å²) in [6.45, 7) is 7.37. The third-order valence-corrected chi connectivity index (χ3v) is 6.00. The van der Waals surface area contributed by atoms with Crippen LogP contribution < -0.4 is 10.6 Å². The Labute approximate surface area is 198 Å². The molecule has 7 heteroatoms. The Bertz CT molecular complexity index is 1160. The average molecular weight is 460 g/mol. The number of ether oxygens (including phenoxy) is 1. The van der Waals surface area contributed by atoms with Gasteiger partial charge in [0.05, 0.1) is 33.9 Å². The van der Waals surface area contributed by atoms with Gasteiger partial charge >= 0.3 is 5.97 Å². The number of allylic oxidation sites excluding steroid dienone is 2. The quantitative estimate of drug-likeness (QED) is 0.436. The summed E-state index contributed by atoms with van der Waals surface area (Å²) in [6.07, 6.45) is 1.50. The zero-order valence-electron chi connectivity index (χ0n) is 18.6. The van der Waals surface area contributed by atoms with Gasteiger partial charge in [0.15, 0.2) is 0 Å². The van der Waals surface area contributed by atoms with E-state index in [1.165, 1.54) is 17.8 Å². The fourth-order valence-corrected chi connectivity index (χ4v) is 4.44. The summed E-state index contributed by atoms with van der Waals surface area (Å²) >= 11 is 1.23. The lowest BCUT2D eigenvalue weighted by Crippen LogP contribution is -2.29. The monoisotopic (exact) mass is 459 g/mol. The van der Waals surface area contributed by atoms with Crippen LogP contribution in [-0.4, -0.2) is 24.2 Å². The summed E-state index contributed by atoms with van der Waals surface area (Å²) in [5.41, 5.74) is 3.88. The van der Waals surface area contributed by atoms with Crippen LogP contribution in [-0.2, 0) is 14.3 Å². The Hall–Kier alpha value is -3.76. The summed E-state index contributed by atoms with van der Waals surface area (Å²) in [6, 6.07) is 19.1. The van der Waals surface area contributed by atoms with Crippen LogP contribution in [0, 0.1) is 18.3 Å². The molecule has 1 heterocycles. The second-order valence-electron chi connectivity index (χ2n) is 7.46. The van der Waals surface area contributed by atoms with Crippen LogP contribution >= 0.6 is 11.8 Å². The lowest BCUT2D eigenvalue weighted by molar-refractivity contribution is -0.138. The number of hydrogen-bond acceptors (Lipinski definition) is 6. The summed E-state index contributed by atoms with van der Waals surface area (Å²) in [7, 11) is 0. The molecule has 1 amide bonds. The third kappa shape index (κ3) is 5.93. The molecule has 0 bridgehead atoms. The van der Waals surface area contributed by atoms with Crippen LogP contribution in [0.3, 0.4) is 0 Å². The molecule has 0 saturated heterocycles. The minimum atomic E-state index is -0.600. The molecule has 1 aliphatic heterocycles. The zero-order valence-corrected chi connectivity index (χ0v) is 19.4. The van der Waals surface area contributed by atoms with E-state index < -0.39 is 11.9 Å². The van der Waals surface area contributed by atoms with E-state index in [9.17, 15) is 14.9 Å². The minimum Gasteiger partial charge on any atom is -0.458 e. The van der Waals surface area contributed by atoms with Crippen LogP contribution in [0.1, 0.15) is 24.0 Å². The number of nitrogens with zero attached hydrogens (tertiary/aromatic N) is 1. The second-order valence-corrected chi connectivity index (χ2v) is 8.44. The molecule has 0 radical (unpaired) electrons. The fourth-order valence-electron chi connectivity index (χ4n) is 3.55. The molecule has 0 spiro atoms. The second kappa shape index (κ2) is 11.2. The van der Waals surface area contributed by atoms with Crippen molar-refractivity contribution in [3.05, 3.63) is 100 Å². The van der Waals surface area contributed by atoms with Gasteiger partial charge in [0.2, 0.25) is 5.91 Å². The fraction of sp³-hybridized carbons (Fsp3) is 0.192. The number of anilines is 1. The average Bonchev–Trinajstić information content (AvgIpc) is 2.81. The lowest BCUT2D eigenvalue weighted by atomic mass is 9.82. The van der Waals surface area contributed by atoms with Crippen LogP contribution in [0.2, 0.25) is 0 Å². The number of benzene rings is 2. The van der Waals surface area contributed by atoms with Gasteiger partial charge in [-0.25, -0.2) is 4.79 Å². The highest BCUT2D eigenvalue weighted by atomic mass is 32.2. The van der Waals surface area contributed by atoms with E-state index in [-0.39, 0.29) is 18.3 Å². The highest BCUT2D eigenvalue weighted by molar-refractivity contribution is 8.03. The molecule has 0 aliphatic carbocycles. The van der Waals surface area contributed by atoms with E-state index in [0.717, 1.165) is 16.8 Å². The normalized spacial score (nSPS) is 15.4. The number of amides is 1. The highest BCUT2D eigenvalue weighted by Crippen LogP contribution is 2.40. The van der Waals surface area contributed by atoms with E-state index in [2.05, 4.69) is 23.3 Å². The molecule has 33 heavy (non-hydrogen) atoms. The Morgan fingerprint density at radius 2 is 1.97 bits per heavy atom. The molecule has 1 atom stereocenters. The Morgan fingerprint density at radius 3 is 2.64 bits per heavy atom. The van der Waals surface area contributed by atoms with Gasteiger partial charge < -0.3 is 15.4 Å². The zero-order chi connectivity index (χ0) is 23.8. The molecule has 1 aliphatic rings. The van der Waals surface area contributed by atoms with E-state index in [0.29, 0.717) is 21.9 Å². The van der Waals surface area contributed by atoms with Crippen molar-refractivity contribution in [2.75, 3.05) is 17.7 Å². The predicted octanol–water partition coefficient (Wildman–Crippen LogP) is 4.79. The molecule has 0 fully saturated rings. The molecular weight excluding hydrogens is 434 g/mol. The Morgan fingerprint density at radius 1 is 1.21 bits per heavy atom. The predicted molar refractivity (Wildman–Crippen MR) is 131 cm³/mol. The van der Waals surface area contributed by atoms with Crippen molar-refractivity contribution < 1.29 is 14.3 Å². The molecule has 2 aromatic carbocycles. The number of rotatable bonds is 8. The van der Waals surface area contributed by atoms with Gasteiger partial charge in [0.25, 0.3) is 0 Å². The highest BCUT2D eigenvalue weighted by Gasteiger charge is 2.35. The Balaban J connectivity index is 1.87. The number of carbonyl (C=O) groups excluding carboxylic acids is 2. The summed E-state index contributed by atoms with van der Waals surface area (Å²) in [4.78, 5) is 25.4. The van der Waals surface area contributed by atoms with E-state index in [4.69, 9.17) is 4.74 Å². The molecule has 0 saturated carbocycles. The number of nitriles is 1. The number of aryl methyl sites for hydroxylation is 1. The molecule has 3 rings (SSSR count). The maximum Gasteiger partial charge on any atom is 0.337 e. The standard InChI is InChI=1S/C26H25N3O3S/c1-4-13-32-26(31)23-18(3)28-25(21(15-27)24(23)19-10-6-5-7-11-19)33-16-22(30)29-20-12-8-9-17(2)14-20/h4-12,14,24,28H,1,13,16H2,2-3H3,(H,29,30). The SMILES string of the molecule is C=CCOC(=O)C1=C(C)NC(SCC(=O)Nc2cccc(C)c2)=C(C#N)C1c1ccccc1.